The molecule has 5 nitrogen and oxygen atoms in total. The van der Waals surface area contributed by atoms with E-state index in [2.05, 4.69) is 32.6 Å². The van der Waals surface area contributed by atoms with Crippen LogP contribution in [0, 0.1) is 11.3 Å². The zero-order valence-electron chi connectivity index (χ0n) is 16.8. The first kappa shape index (κ1) is 23.1. The van der Waals surface area contributed by atoms with Crippen LogP contribution < -0.4 is 10.6 Å². The summed E-state index contributed by atoms with van der Waals surface area (Å²) < 4.78 is 0.921. The zero-order valence-corrected chi connectivity index (χ0v) is 20.0. The number of anilines is 1. The summed E-state index contributed by atoms with van der Waals surface area (Å²) in [7, 11) is 0. The van der Waals surface area contributed by atoms with E-state index in [-0.39, 0.29) is 17.4 Å². The molecule has 0 saturated carbocycles. The lowest BCUT2D eigenvalue weighted by Gasteiger charge is -2.29. The molecule has 2 N–H and O–H groups in total. The van der Waals surface area contributed by atoms with Gasteiger partial charge in [-0.15, -0.1) is 0 Å². The van der Waals surface area contributed by atoms with Gasteiger partial charge in [-0.1, -0.05) is 57.5 Å². The van der Waals surface area contributed by atoms with E-state index in [9.17, 15) is 14.9 Å². The number of nitrogens with one attached hydrogen (secondary N) is 2. The summed E-state index contributed by atoms with van der Waals surface area (Å²) >= 11 is 11.0. The number of dihydropyridines is 1. The molecule has 0 unspecified atom stereocenters. The molecule has 0 aliphatic carbocycles. The van der Waals surface area contributed by atoms with Crippen LogP contribution in [-0.4, -0.2) is 17.4 Å². The van der Waals surface area contributed by atoms with E-state index in [0.717, 1.165) is 4.47 Å². The second-order valence-corrected chi connectivity index (χ2v) is 9.18. The predicted molar refractivity (Wildman–Crippen MR) is 129 cm³/mol. The minimum Gasteiger partial charge on any atom is -0.353 e. The summed E-state index contributed by atoms with van der Waals surface area (Å²) in [6.07, 6.45) is 0. The summed E-state index contributed by atoms with van der Waals surface area (Å²) in [6, 6.07) is 16.7. The van der Waals surface area contributed by atoms with Gasteiger partial charge in [0.1, 0.15) is 0 Å². The SMILES string of the molecule is CC(=O)C1=C(C)NC(SCC(=O)Nc2ccc(Br)cc2)=C(C#N)[C@H]1c1ccccc1Cl. The third-order valence-electron chi connectivity index (χ3n) is 4.72. The summed E-state index contributed by atoms with van der Waals surface area (Å²) in [5, 5.41) is 16.9. The number of nitrogens with zero attached hydrogens (tertiary/aromatic N) is 1. The molecule has 0 bridgehead atoms. The molecule has 2 aromatic rings. The van der Waals surface area contributed by atoms with Gasteiger partial charge in [-0.05, 0) is 49.7 Å². The molecule has 0 saturated heterocycles. The number of allylic oxidation sites excluding steroid dienone is 3. The van der Waals surface area contributed by atoms with E-state index >= 15 is 0 Å². The number of rotatable bonds is 6. The van der Waals surface area contributed by atoms with Gasteiger partial charge in [-0.3, -0.25) is 9.59 Å². The molecule has 0 radical (unpaired) electrons. The van der Waals surface area contributed by atoms with Gasteiger partial charge in [0, 0.05) is 26.5 Å². The fourth-order valence-corrected chi connectivity index (χ4v) is 4.78. The van der Waals surface area contributed by atoms with Gasteiger partial charge in [0.05, 0.1) is 28.3 Å². The van der Waals surface area contributed by atoms with Gasteiger partial charge < -0.3 is 10.6 Å². The highest BCUT2D eigenvalue weighted by atomic mass is 79.9. The molecular formula is C23H19BrClN3O2S. The van der Waals surface area contributed by atoms with Crippen molar-refractivity contribution in [1.29, 1.82) is 5.26 Å². The number of benzene rings is 2. The van der Waals surface area contributed by atoms with E-state index < -0.39 is 5.92 Å². The maximum absolute atomic E-state index is 12.4. The third kappa shape index (κ3) is 5.40. The second-order valence-electron chi connectivity index (χ2n) is 6.87. The van der Waals surface area contributed by atoms with Crippen LogP contribution in [0.3, 0.4) is 0 Å². The van der Waals surface area contributed by atoms with Crippen molar-refractivity contribution in [3.05, 3.63) is 85.5 Å². The van der Waals surface area contributed by atoms with Crippen molar-refractivity contribution in [1.82, 2.24) is 5.32 Å². The first-order valence-electron chi connectivity index (χ1n) is 9.37. The lowest BCUT2D eigenvalue weighted by molar-refractivity contribution is -0.114. The number of hydrogen-bond acceptors (Lipinski definition) is 5. The highest BCUT2D eigenvalue weighted by Crippen LogP contribution is 2.42. The molecule has 1 amide bonds. The number of carbonyl (C=O) groups excluding carboxylic acids is 2. The fourth-order valence-electron chi connectivity index (χ4n) is 3.38. The predicted octanol–water partition coefficient (Wildman–Crippen LogP) is 5.76. The van der Waals surface area contributed by atoms with Crippen LogP contribution in [0.15, 0.2) is 74.9 Å². The number of amides is 1. The van der Waals surface area contributed by atoms with E-state index in [0.29, 0.717) is 38.1 Å². The molecule has 1 atom stereocenters. The second kappa shape index (κ2) is 10.2. The topological polar surface area (TPSA) is 82.0 Å². The summed E-state index contributed by atoms with van der Waals surface area (Å²) in [4.78, 5) is 24.8. The Balaban J connectivity index is 1.88. The Kier molecular flexibility index (Phi) is 7.60. The Hall–Kier alpha value is -2.53. The highest BCUT2D eigenvalue weighted by Gasteiger charge is 2.34. The molecule has 0 aromatic heterocycles. The van der Waals surface area contributed by atoms with Crippen LogP contribution in [0.25, 0.3) is 0 Å². The van der Waals surface area contributed by atoms with Crippen LogP contribution in [0.2, 0.25) is 5.02 Å². The van der Waals surface area contributed by atoms with Crippen LogP contribution in [0.4, 0.5) is 5.69 Å². The van der Waals surface area contributed by atoms with Crippen molar-refractivity contribution < 1.29 is 9.59 Å². The van der Waals surface area contributed by atoms with Gasteiger partial charge >= 0.3 is 0 Å². The van der Waals surface area contributed by atoms with Gasteiger partial charge in [0.2, 0.25) is 5.91 Å². The Morgan fingerprint density at radius 3 is 2.52 bits per heavy atom. The largest absolute Gasteiger partial charge is 0.353 e. The molecule has 1 heterocycles. The summed E-state index contributed by atoms with van der Waals surface area (Å²) in [6.45, 7) is 3.26. The van der Waals surface area contributed by atoms with Crippen LogP contribution in [0.1, 0.15) is 25.3 Å². The van der Waals surface area contributed by atoms with Crippen molar-refractivity contribution in [3.8, 4) is 6.07 Å². The Morgan fingerprint density at radius 1 is 1.23 bits per heavy atom. The van der Waals surface area contributed by atoms with Crippen molar-refractivity contribution >= 4 is 56.7 Å². The molecule has 1 aliphatic heterocycles. The monoisotopic (exact) mass is 515 g/mol. The van der Waals surface area contributed by atoms with E-state index in [1.54, 1.807) is 31.2 Å². The van der Waals surface area contributed by atoms with Crippen molar-refractivity contribution in [2.45, 2.75) is 19.8 Å². The molecule has 8 heteroatoms. The molecule has 158 valence electrons. The molecule has 3 rings (SSSR count). The average molecular weight is 517 g/mol. The Bertz CT molecular complexity index is 1140. The number of nitriles is 1. The number of hydrogen-bond donors (Lipinski definition) is 2. The fraction of sp³-hybridized carbons (Fsp3) is 0.174. The van der Waals surface area contributed by atoms with Gasteiger partial charge in [0.15, 0.2) is 5.78 Å². The zero-order chi connectivity index (χ0) is 22.5. The molecule has 0 fully saturated rings. The smallest absolute Gasteiger partial charge is 0.234 e. The average Bonchev–Trinajstić information content (AvgIpc) is 2.73. The number of carbonyl (C=O) groups is 2. The molecule has 31 heavy (non-hydrogen) atoms. The maximum atomic E-state index is 12.4. The molecular weight excluding hydrogens is 498 g/mol. The lowest BCUT2D eigenvalue weighted by Crippen LogP contribution is -2.28. The van der Waals surface area contributed by atoms with Crippen molar-refractivity contribution in [3.63, 3.8) is 0 Å². The quantitative estimate of drug-likeness (QED) is 0.510. The third-order valence-corrected chi connectivity index (χ3v) is 6.61. The molecule has 2 aromatic carbocycles. The van der Waals surface area contributed by atoms with E-state index in [4.69, 9.17) is 11.6 Å². The van der Waals surface area contributed by atoms with E-state index in [1.807, 2.05) is 24.3 Å². The van der Waals surface area contributed by atoms with E-state index in [1.165, 1.54) is 18.7 Å². The normalized spacial score (nSPS) is 15.9. The molecule has 0 spiro atoms. The van der Waals surface area contributed by atoms with Crippen molar-refractivity contribution in [2.24, 2.45) is 0 Å². The van der Waals surface area contributed by atoms with Crippen molar-refractivity contribution in [2.75, 3.05) is 11.1 Å². The standard InChI is InChI=1S/C23H19BrClN3O2S/c1-13-21(14(2)29)22(17-5-3-4-6-19(17)25)18(11-26)23(27-13)31-12-20(30)28-16-9-7-15(24)8-10-16/h3-10,22,27H,12H2,1-2H3,(H,28,30)/t22-/m1/s1. The van der Waals surface area contributed by atoms with Gasteiger partial charge in [-0.2, -0.15) is 5.26 Å². The molecule has 1 aliphatic rings. The van der Waals surface area contributed by atoms with Gasteiger partial charge in [0.25, 0.3) is 0 Å². The Labute approximate surface area is 198 Å². The Morgan fingerprint density at radius 2 is 1.90 bits per heavy atom. The highest BCUT2D eigenvalue weighted by molar-refractivity contribution is 9.10. The first-order valence-corrected chi connectivity index (χ1v) is 11.5. The maximum Gasteiger partial charge on any atom is 0.234 e. The number of halogens is 2. The number of thioether (sulfide) groups is 1. The van der Waals surface area contributed by atoms with Crippen LogP contribution in [-0.2, 0) is 9.59 Å². The van der Waals surface area contributed by atoms with Gasteiger partial charge in [-0.25, -0.2) is 0 Å². The lowest BCUT2D eigenvalue weighted by atomic mass is 9.81. The van der Waals surface area contributed by atoms with Crippen LogP contribution >= 0.6 is 39.3 Å². The minimum absolute atomic E-state index is 0.0987. The number of ketones is 1. The number of Topliss-reactive ketones (excluding diaryl/α,β-unsaturated/α-hetero) is 1. The first-order chi connectivity index (χ1) is 14.8. The summed E-state index contributed by atoms with van der Waals surface area (Å²) in [5.74, 6) is -0.831. The minimum atomic E-state index is -0.588. The summed E-state index contributed by atoms with van der Waals surface area (Å²) in [5.41, 5.74) is 2.87. The van der Waals surface area contributed by atoms with Crippen LogP contribution in [0.5, 0.6) is 0 Å².